The Bertz CT molecular complexity index is 712. The lowest BCUT2D eigenvalue weighted by molar-refractivity contribution is -0.0360. The zero-order chi connectivity index (χ0) is 15.1. The van der Waals surface area contributed by atoms with E-state index in [1.807, 2.05) is 30.3 Å². The highest BCUT2D eigenvalue weighted by Gasteiger charge is 2.31. The highest BCUT2D eigenvalue weighted by molar-refractivity contribution is 5.56. The molecule has 22 heavy (non-hydrogen) atoms. The summed E-state index contributed by atoms with van der Waals surface area (Å²) in [7, 11) is 1.64. The summed E-state index contributed by atoms with van der Waals surface area (Å²) in [6.07, 6.45) is -0.358. The first-order valence-electron chi connectivity index (χ1n) is 7.17. The molecule has 2 unspecified atom stereocenters. The van der Waals surface area contributed by atoms with Crippen LogP contribution in [-0.2, 0) is 0 Å². The standard InChI is InChI=1S/C17H16O5/c1-19-11-4-2-3-10(5-11)12-7-17(18)22-14-8-16-15(6-13(12)14)20-9-21-16/h2-6,8,12,17-18H,7,9H2,1H3. The van der Waals surface area contributed by atoms with E-state index in [2.05, 4.69) is 0 Å². The maximum Gasteiger partial charge on any atom is 0.231 e. The average molecular weight is 300 g/mol. The molecule has 2 aromatic rings. The number of aliphatic hydroxyl groups is 1. The van der Waals surface area contributed by atoms with Crippen molar-refractivity contribution in [1.82, 2.24) is 0 Å². The highest BCUT2D eigenvalue weighted by Crippen LogP contribution is 2.46. The van der Waals surface area contributed by atoms with Crippen LogP contribution in [0.4, 0.5) is 0 Å². The van der Waals surface area contributed by atoms with Gasteiger partial charge in [-0.05, 0) is 23.8 Å². The summed E-state index contributed by atoms with van der Waals surface area (Å²) >= 11 is 0. The molecule has 0 spiro atoms. The Morgan fingerprint density at radius 1 is 1.09 bits per heavy atom. The van der Waals surface area contributed by atoms with Crippen LogP contribution < -0.4 is 18.9 Å². The molecule has 0 saturated carbocycles. The molecule has 5 heteroatoms. The molecule has 2 atom stereocenters. The van der Waals surface area contributed by atoms with Gasteiger partial charge >= 0.3 is 0 Å². The summed E-state index contributed by atoms with van der Waals surface area (Å²) < 4.78 is 21.7. The van der Waals surface area contributed by atoms with E-state index in [-0.39, 0.29) is 12.7 Å². The Morgan fingerprint density at radius 3 is 2.73 bits per heavy atom. The Labute approximate surface area is 128 Å². The Morgan fingerprint density at radius 2 is 1.91 bits per heavy atom. The van der Waals surface area contributed by atoms with Crippen molar-refractivity contribution in [3.05, 3.63) is 47.5 Å². The maximum atomic E-state index is 10.0. The predicted molar refractivity (Wildman–Crippen MR) is 78.7 cm³/mol. The van der Waals surface area contributed by atoms with E-state index in [4.69, 9.17) is 18.9 Å². The van der Waals surface area contributed by atoms with Crippen molar-refractivity contribution in [3.8, 4) is 23.0 Å². The van der Waals surface area contributed by atoms with E-state index in [0.29, 0.717) is 23.7 Å². The second-order valence-electron chi connectivity index (χ2n) is 5.38. The number of rotatable bonds is 2. The van der Waals surface area contributed by atoms with Gasteiger partial charge in [-0.2, -0.15) is 0 Å². The van der Waals surface area contributed by atoms with Gasteiger partial charge < -0.3 is 24.1 Å². The summed E-state index contributed by atoms with van der Waals surface area (Å²) in [5, 5.41) is 10.0. The molecule has 2 heterocycles. The van der Waals surface area contributed by atoms with Gasteiger partial charge in [0.05, 0.1) is 7.11 Å². The van der Waals surface area contributed by atoms with Crippen LogP contribution in [-0.4, -0.2) is 25.3 Å². The minimum absolute atomic E-state index is 0.0170. The minimum atomic E-state index is -0.843. The highest BCUT2D eigenvalue weighted by atomic mass is 16.7. The fraction of sp³-hybridized carbons (Fsp3) is 0.294. The minimum Gasteiger partial charge on any atom is -0.497 e. The van der Waals surface area contributed by atoms with Crippen molar-refractivity contribution in [2.45, 2.75) is 18.6 Å². The van der Waals surface area contributed by atoms with Crippen molar-refractivity contribution in [2.24, 2.45) is 0 Å². The van der Waals surface area contributed by atoms with Gasteiger partial charge in [0.2, 0.25) is 6.79 Å². The molecule has 5 nitrogen and oxygen atoms in total. The number of ether oxygens (including phenoxy) is 4. The van der Waals surface area contributed by atoms with Gasteiger partial charge in [0.1, 0.15) is 11.5 Å². The lowest BCUT2D eigenvalue weighted by atomic mass is 9.86. The van der Waals surface area contributed by atoms with Crippen LogP contribution in [0.25, 0.3) is 0 Å². The lowest BCUT2D eigenvalue weighted by Gasteiger charge is -2.30. The second kappa shape index (κ2) is 5.10. The molecule has 0 saturated heterocycles. The zero-order valence-corrected chi connectivity index (χ0v) is 12.1. The van der Waals surface area contributed by atoms with Gasteiger partial charge in [0.25, 0.3) is 0 Å². The van der Waals surface area contributed by atoms with E-state index in [9.17, 15) is 5.11 Å². The monoisotopic (exact) mass is 300 g/mol. The van der Waals surface area contributed by atoms with Crippen LogP contribution >= 0.6 is 0 Å². The van der Waals surface area contributed by atoms with Gasteiger partial charge in [-0.15, -0.1) is 0 Å². The SMILES string of the molecule is COc1cccc(C2CC(O)Oc3cc4c(cc32)OCO4)c1. The van der Waals surface area contributed by atoms with Crippen LogP contribution in [0.3, 0.4) is 0 Å². The first kappa shape index (κ1) is 13.3. The maximum absolute atomic E-state index is 10.0. The number of fused-ring (bicyclic) bond motifs is 2. The van der Waals surface area contributed by atoms with Crippen molar-refractivity contribution in [2.75, 3.05) is 13.9 Å². The molecule has 2 aromatic carbocycles. The Balaban J connectivity index is 1.81. The summed E-state index contributed by atoms with van der Waals surface area (Å²) in [4.78, 5) is 0. The Hall–Kier alpha value is -2.40. The number of methoxy groups -OCH3 is 1. The first-order valence-corrected chi connectivity index (χ1v) is 7.17. The average Bonchev–Trinajstić information content (AvgIpc) is 2.99. The third-order valence-electron chi connectivity index (χ3n) is 4.08. The number of aliphatic hydroxyl groups excluding tert-OH is 1. The van der Waals surface area contributed by atoms with E-state index in [1.165, 1.54) is 0 Å². The molecular weight excluding hydrogens is 284 g/mol. The molecule has 0 bridgehead atoms. The topological polar surface area (TPSA) is 57.2 Å². The van der Waals surface area contributed by atoms with Gasteiger partial charge in [-0.1, -0.05) is 12.1 Å². The predicted octanol–water partition coefficient (Wildman–Crippen LogP) is 2.66. The van der Waals surface area contributed by atoms with Crippen LogP contribution in [0.15, 0.2) is 36.4 Å². The Kier molecular flexibility index (Phi) is 3.08. The van der Waals surface area contributed by atoms with E-state index >= 15 is 0 Å². The summed E-state index contributed by atoms with van der Waals surface area (Å²) in [6, 6.07) is 11.6. The van der Waals surface area contributed by atoms with E-state index < -0.39 is 6.29 Å². The quantitative estimate of drug-likeness (QED) is 0.924. The second-order valence-corrected chi connectivity index (χ2v) is 5.38. The van der Waals surface area contributed by atoms with Crippen molar-refractivity contribution in [1.29, 1.82) is 0 Å². The fourth-order valence-electron chi connectivity index (χ4n) is 3.01. The molecule has 2 aliphatic heterocycles. The van der Waals surface area contributed by atoms with Gasteiger partial charge in [0.15, 0.2) is 17.8 Å². The molecule has 1 N–H and O–H groups in total. The number of hydrogen-bond acceptors (Lipinski definition) is 5. The van der Waals surface area contributed by atoms with Crippen LogP contribution in [0.2, 0.25) is 0 Å². The van der Waals surface area contributed by atoms with Crippen LogP contribution in [0.5, 0.6) is 23.0 Å². The molecule has 0 radical (unpaired) electrons. The molecule has 0 aromatic heterocycles. The zero-order valence-electron chi connectivity index (χ0n) is 12.1. The van der Waals surface area contributed by atoms with Crippen LogP contribution in [0.1, 0.15) is 23.5 Å². The van der Waals surface area contributed by atoms with Gasteiger partial charge in [-0.3, -0.25) is 0 Å². The van der Waals surface area contributed by atoms with E-state index in [0.717, 1.165) is 16.9 Å². The molecule has 2 aliphatic rings. The molecule has 0 aliphatic carbocycles. The van der Waals surface area contributed by atoms with Crippen LogP contribution in [0, 0.1) is 0 Å². The molecule has 4 rings (SSSR count). The number of hydrogen-bond donors (Lipinski definition) is 1. The largest absolute Gasteiger partial charge is 0.497 e. The number of benzene rings is 2. The molecule has 0 fully saturated rings. The molecule has 0 amide bonds. The van der Waals surface area contributed by atoms with Gasteiger partial charge in [-0.25, -0.2) is 0 Å². The summed E-state index contributed by atoms with van der Waals surface area (Å²) in [5.41, 5.74) is 2.06. The van der Waals surface area contributed by atoms with Gasteiger partial charge in [0, 0.05) is 24.0 Å². The summed E-state index contributed by atoms with van der Waals surface area (Å²) in [6.45, 7) is 0.213. The summed E-state index contributed by atoms with van der Waals surface area (Å²) in [5.74, 6) is 2.81. The first-order chi connectivity index (χ1) is 10.7. The van der Waals surface area contributed by atoms with Crippen molar-refractivity contribution in [3.63, 3.8) is 0 Å². The lowest BCUT2D eigenvalue weighted by Crippen LogP contribution is -2.25. The third kappa shape index (κ3) is 2.14. The fourth-order valence-corrected chi connectivity index (χ4v) is 3.01. The normalized spacial score (nSPS) is 21.9. The molecule has 114 valence electrons. The smallest absolute Gasteiger partial charge is 0.231 e. The molecular formula is C17H16O5. The van der Waals surface area contributed by atoms with Crippen molar-refractivity contribution >= 4 is 0 Å². The third-order valence-corrected chi connectivity index (χ3v) is 4.08. The van der Waals surface area contributed by atoms with E-state index in [1.54, 1.807) is 13.2 Å². The van der Waals surface area contributed by atoms with Crippen molar-refractivity contribution < 1.29 is 24.1 Å².